The smallest absolute Gasteiger partial charge is 0.285 e. The number of H-pyrrole nitrogens is 1. The minimum absolute atomic E-state index is 0.242. The quantitative estimate of drug-likeness (QED) is 0.523. The number of hydrogen-bond donors (Lipinski definition) is 2. The normalized spacial score (nSPS) is 11.8. The van der Waals surface area contributed by atoms with E-state index in [0.717, 1.165) is 15.9 Å². The van der Waals surface area contributed by atoms with Crippen LogP contribution in [0.15, 0.2) is 35.1 Å². The monoisotopic (exact) mass is 422 g/mol. The number of thiazole rings is 1. The van der Waals surface area contributed by atoms with E-state index in [1.165, 1.54) is 16.0 Å². The third kappa shape index (κ3) is 3.63. The van der Waals surface area contributed by atoms with Gasteiger partial charge in [0.1, 0.15) is 5.82 Å². The van der Waals surface area contributed by atoms with Crippen LogP contribution in [0, 0.1) is 13.8 Å². The summed E-state index contributed by atoms with van der Waals surface area (Å²) in [5.41, 5.74) is 2.17. The Morgan fingerprint density at radius 2 is 1.90 bits per heavy atom. The number of aryl methyl sites for hydroxylation is 1. The second-order valence-electron chi connectivity index (χ2n) is 8.12. The van der Waals surface area contributed by atoms with Crippen molar-refractivity contribution in [3.05, 3.63) is 62.6 Å². The number of carbonyl (C=O) groups excluding carboxylic acids is 1. The number of rotatable bonds is 3. The number of fused-ring (bicyclic) bond motifs is 1. The Bertz CT molecular complexity index is 1290. The van der Waals surface area contributed by atoms with Crippen molar-refractivity contribution in [2.24, 2.45) is 0 Å². The SMILES string of the molecule is Cc1nc(-n2nc(C(C)(C)C)cc2NC(=O)c2nc3ccccc3s2)[nH]c(=O)c1C. The molecule has 0 spiro atoms. The van der Waals surface area contributed by atoms with Crippen molar-refractivity contribution in [2.45, 2.75) is 40.0 Å². The average molecular weight is 423 g/mol. The first-order valence-corrected chi connectivity index (χ1v) is 10.3. The molecule has 0 saturated carbocycles. The van der Waals surface area contributed by atoms with Gasteiger partial charge in [0.2, 0.25) is 5.95 Å². The molecule has 8 nitrogen and oxygen atoms in total. The Kier molecular flexibility index (Phi) is 4.77. The van der Waals surface area contributed by atoms with Gasteiger partial charge in [0.05, 0.1) is 15.9 Å². The van der Waals surface area contributed by atoms with Gasteiger partial charge >= 0.3 is 0 Å². The van der Waals surface area contributed by atoms with Crippen LogP contribution < -0.4 is 10.9 Å². The maximum atomic E-state index is 12.9. The van der Waals surface area contributed by atoms with Crippen LogP contribution in [0.4, 0.5) is 5.82 Å². The molecule has 0 atom stereocenters. The van der Waals surface area contributed by atoms with E-state index in [1.807, 2.05) is 45.0 Å². The number of amides is 1. The second-order valence-corrected chi connectivity index (χ2v) is 9.15. The molecule has 9 heteroatoms. The first kappa shape index (κ1) is 20.0. The van der Waals surface area contributed by atoms with Gasteiger partial charge in [0.25, 0.3) is 11.5 Å². The van der Waals surface area contributed by atoms with Crippen LogP contribution in [-0.2, 0) is 5.41 Å². The van der Waals surface area contributed by atoms with Crippen LogP contribution in [0.25, 0.3) is 16.2 Å². The fourth-order valence-corrected chi connectivity index (χ4v) is 3.73. The van der Waals surface area contributed by atoms with Gasteiger partial charge in [0, 0.05) is 22.7 Å². The molecule has 154 valence electrons. The van der Waals surface area contributed by atoms with Crippen LogP contribution in [0.3, 0.4) is 0 Å². The molecular formula is C21H22N6O2S. The van der Waals surface area contributed by atoms with Crippen LogP contribution in [-0.4, -0.2) is 30.6 Å². The molecule has 3 heterocycles. The van der Waals surface area contributed by atoms with Crippen molar-refractivity contribution < 1.29 is 4.79 Å². The molecule has 0 unspecified atom stereocenters. The Hall–Kier alpha value is -3.33. The molecule has 4 rings (SSSR count). The molecular weight excluding hydrogens is 400 g/mol. The van der Waals surface area contributed by atoms with Crippen LogP contribution >= 0.6 is 11.3 Å². The van der Waals surface area contributed by atoms with Gasteiger partial charge in [-0.1, -0.05) is 32.9 Å². The third-order valence-corrected chi connectivity index (χ3v) is 5.83. The second kappa shape index (κ2) is 7.17. The lowest BCUT2D eigenvalue weighted by Crippen LogP contribution is -2.21. The van der Waals surface area contributed by atoms with Crippen LogP contribution in [0.1, 0.15) is 47.5 Å². The van der Waals surface area contributed by atoms with E-state index in [1.54, 1.807) is 19.9 Å². The minimum atomic E-state index is -0.344. The highest BCUT2D eigenvalue weighted by Crippen LogP contribution is 2.27. The lowest BCUT2D eigenvalue weighted by Gasteiger charge is -2.14. The summed E-state index contributed by atoms with van der Waals surface area (Å²) in [6.07, 6.45) is 0. The largest absolute Gasteiger partial charge is 0.304 e. The number of nitrogens with zero attached hydrogens (tertiary/aromatic N) is 4. The van der Waals surface area contributed by atoms with Gasteiger partial charge in [-0.05, 0) is 26.0 Å². The number of para-hydroxylation sites is 1. The van der Waals surface area contributed by atoms with Gasteiger partial charge < -0.3 is 5.32 Å². The summed E-state index contributed by atoms with van der Waals surface area (Å²) in [7, 11) is 0. The van der Waals surface area contributed by atoms with Crippen LogP contribution in [0.2, 0.25) is 0 Å². The molecule has 3 aromatic heterocycles. The fraction of sp³-hybridized carbons (Fsp3) is 0.286. The van der Waals surface area contributed by atoms with Gasteiger partial charge in [-0.3, -0.25) is 14.6 Å². The predicted molar refractivity (Wildman–Crippen MR) is 118 cm³/mol. The minimum Gasteiger partial charge on any atom is -0.304 e. The van der Waals surface area contributed by atoms with Crippen molar-refractivity contribution in [2.75, 3.05) is 5.32 Å². The van der Waals surface area contributed by atoms with E-state index < -0.39 is 0 Å². The molecule has 4 aromatic rings. The maximum Gasteiger partial charge on any atom is 0.285 e. The van der Waals surface area contributed by atoms with Gasteiger partial charge in [0.15, 0.2) is 5.01 Å². The summed E-state index contributed by atoms with van der Waals surface area (Å²) in [6, 6.07) is 9.38. The highest BCUT2D eigenvalue weighted by atomic mass is 32.1. The number of carbonyl (C=O) groups is 1. The maximum absolute atomic E-state index is 12.9. The molecule has 0 bridgehead atoms. The molecule has 0 aliphatic heterocycles. The molecule has 0 fully saturated rings. The Morgan fingerprint density at radius 3 is 2.57 bits per heavy atom. The topological polar surface area (TPSA) is 106 Å². The summed E-state index contributed by atoms with van der Waals surface area (Å²) >= 11 is 1.32. The van der Waals surface area contributed by atoms with Crippen molar-refractivity contribution in [1.29, 1.82) is 0 Å². The fourth-order valence-electron chi connectivity index (χ4n) is 2.87. The standard InChI is InChI=1S/C21H22N6O2S/c1-11-12(2)22-20(25-17(11)28)27-16(10-15(26-27)21(3,4)5)24-18(29)19-23-13-8-6-7-9-14(13)30-19/h6-10H,1-5H3,(H,24,29)(H,22,25,28). The molecule has 0 aliphatic carbocycles. The van der Waals surface area contributed by atoms with Gasteiger partial charge in [-0.2, -0.15) is 9.78 Å². The molecule has 0 radical (unpaired) electrons. The number of nitrogens with one attached hydrogen (secondary N) is 2. The van der Waals surface area contributed by atoms with E-state index in [-0.39, 0.29) is 22.8 Å². The van der Waals surface area contributed by atoms with Gasteiger partial charge in [-0.25, -0.2) is 9.97 Å². The summed E-state index contributed by atoms with van der Waals surface area (Å²) in [5.74, 6) is 0.317. The Labute approximate surface area is 177 Å². The van der Waals surface area contributed by atoms with E-state index in [4.69, 9.17) is 0 Å². The first-order valence-electron chi connectivity index (χ1n) is 9.49. The number of hydrogen-bond acceptors (Lipinski definition) is 6. The average Bonchev–Trinajstić information content (AvgIpc) is 3.29. The predicted octanol–water partition coefficient (Wildman–Crippen LogP) is 3.73. The summed E-state index contributed by atoms with van der Waals surface area (Å²) in [4.78, 5) is 36.8. The third-order valence-electron chi connectivity index (χ3n) is 4.79. The van der Waals surface area contributed by atoms with Crippen molar-refractivity contribution in [3.8, 4) is 5.95 Å². The Morgan fingerprint density at radius 1 is 1.17 bits per heavy atom. The van der Waals surface area contributed by atoms with Gasteiger partial charge in [-0.15, -0.1) is 11.3 Å². The Balaban J connectivity index is 1.77. The molecule has 30 heavy (non-hydrogen) atoms. The molecule has 1 amide bonds. The van der Waals surface area contributed by atoms with Crippen molar-refractivity contribution in [3.63, 3.8) is 0 Å². The first-order chi connectivity index (χ1) is 14.1. The lowest BCUT2D eigenvalue weighted by atomic mass is 9.92. The van der Waals surface area contributed by atoms with Crippen molar-refractivity contribution >= 4 is 33.3 Å². The van der Waals surface area contributed by atoms with Crippen molar-refractivity contribution in [1.82, 2.24) is 24.7 Å². The number of benzene rings is 1. The highest BCUT2D eigenvalue weighted by molar-refractivity contribution is 7.20. The zero-order valence-corrected chi connectivity index (χ0v) is 18.2. The summed E-state index contributed by atoms with van der Waals surface area (Å²) in [6.45, 7) is 9.55. The number of aromatic nitrogens is 5. The summed E-state index contributed by atoms with van der Waals surface area (Å²) < 4.78 is 2.39. The van der Waals surface area contributed by atoms with Crippen LogP contribution in [0.5, 0.6) is 0 Å². The van der Waals surface area contributed by atoms with E-state index in [9.17, 15) is 9.59 Å². The summed E-state index contributed by atoms with van der Waals surface area (Å²) in [5, 5.41) is 7.83. The molecule has 0 aliphatic rings. The zero-order chi connectivity index (χ0) is 21.6. The lowest BCUT2D eigenvalue weighted by molar-refractivity contribution is 0.102. The molecule has 1 aromatic carbocycles. The molecule has 0 saturated heterocycles. The number of aromatic amines is 1. The van der Waals surface area contributed by atoms with E-state index in [0.29, 0.717) is 22.1 Å². The molecule has 2 N–H and O–H groups in total. The zero-order valence-electron chi connectivity index (χ0n) is 17.4. The number of anilines is 1. The highest BCUT2D eigenvalue weighted by Gasteiger charge is 2.23. The van der Waals surface area contributed by atoms with E-state index >= 15 is 0 Å². The van der Waals surface area contributed by atoms with E-state index in [2.05, 4.69) is 25.4 Å².